The smallest absolute Gasteiger partial charge is 0.378 e. The first kappa shape index (κ1) is 28.9. The number of nitrogens with one attached hydrogen (secondary N) is 1. The van der Waals surface area contributed by atoms with Crippen molar-refractivity contribution in [3.8, 4) is 0 Å². The summed E-state index contributed by atoms with van der Waals surface area (Å²) in [6.07, 6.45) is -2.51. The molecule has 0 fully saturated rings. The van der Waals surface area contributed by atoms with Crippen molar-refractivity contribution < 1.29 is 22.6 Å². The number of alkyl halides is 3. The third-order valence-electron chi connectivity index (χ3n) is 4.09. The lowest BCUT2D eigenvalue weighted by atomic mass is 10.2. The van der Waals surface area contributed by atoms with Crippen LogP contribution in [0.4, 0.5) is 13.2 Å². The van der Waals surface area contributed by atoms with Crippen molar-refractivity contribution in [1.29, 1.82) is 0 Å². The van der Waals surface area contributed by atoms with Gasteiger partial charge in [-0.1, -0.05) is 23.9 Å². The molecule has 0 aliphatic rings. The molecule has 2 aromatic heterocycles. The number of aromatic amines is 1. The van der Waals surface area contributed by atoms with Gasteiger partial charge in [-0.25, -0.2) is 4.98 Å². The number of fused-ring (bicyclic) bond motifs is 1. The standard InChI is InChI=1S/C20H22F3N3O2S2.2ClH/c1-14-17(12-30-19-25-15-4-2-3-5-16(15)26-19)24-7-6-18(14)29-11-10-27-8-9-28-13-20(21,22)23;;/h2-7H,8-13H2,1H3,(H,25,26);2*1H. The molecule has 178 valence electrons. The molecule has 5 nitrogen and oxygen atoms in total. The number of H-pyrrole nitrogens is 1. The molecule has 0 aliphatic carbocycles. The molecule has 0 bridgehead atoms. The number of para-hydroxylation sites is 2. The van der Waals surface area contributed by atoms with Crippen molar-refractivity contribution in [3.05, 3.63) is 47.8 Å². The fourth-order valence-corrected chi connectivity index (χ4v) is 4.44. The topological polar surface area (TPSA) is 60.0 Å². The maximum atomic E-state index is 12.0. The number of halogens is 5. The second-order valence-electron chi connectivity index (χ2n) is 6.36. The van der Waals surface area contributed by atoms with E-state index in [1.54, 1.807) is 29.7 Å². The Hall–Kier alpha value is -1.17. The predicted octanol–water partition coefficient (Wildman–Crippen LogP) is 6.09. The Morgan fingerprint density at radius 3 is 2.50 bits per heavy atom. The van der Waals surface area contributed by atoms with E-state index in [2.05, 4.69) is 19.7 Å². The third kappa shape index (κ3) is 9.36. The SMILES string of the molecule is Cc1c(SCCOCCOCC(F)(F)F)ccnc1CSc1nc2ccccc2[nH]1.Cl.Cl. The van der Waals surface area contributed by atoms with Gasteiger partial charge in [0, 0.05) is 22.6 Å². The van der Waals surface area contributed by atoms with Crippen LogP contribution in [-0.2, 0) is 15.2 Å². The van der Waals surface area contributed by atoms with Crippen LogP contribution in [0.25, 0.3) is 11.0 Å². The summed E-state index contributed by atoms with van der Waals surface area (Å²) in [5.41, 5.74) is 4.06. The van der Waals surface area contributed by atoms with Gasteiger partial charge in [-0.15, -0.1) is 36.6 Å². The first-order valence-electron chi connectivity index (χ1n) is 9.29. The average molecular weight is 530 g/mol. The van der Waals surface area contributed by atoms with Crippen molar-refractivity contribution in [3.63, 3.8) is 0 Å². The van der Waals surface area contributed by atoms with E-state index in [1.165, 1.54) is 0 Å². The summed E-state index contributed by atoms with van der Waals surface area (Å²) in [7, 11) is 0. The Kier molecular flexibility index (Phi) is 12.8. The van der Waals surface area contributed by atoms with Crippen LogP contribution in [0.15, 0.2) is 46.6 Å². The molecule has 0 saturated heterocycles. The Morgan fingerprint density at radius 1 is 1.00 bits per heavy atom. The van der Waals surface area contributed by atoms with E-state index in [-0.39, 0.29) is 38.0 Å². The van der Waals surface area contributed by atoms with Gasteiger partial charge in [-0.2, -0.15) is 13.2 Å². The number of rotatable bonds is 11. The molecule has 0 amide bonds. The largest absolute Gasteiger partial charge is 0.411 e. The van der Waals surface area contributed by atoms with Crippen molar-refractivity contribution >= 4 is 59.4 Å². The zero-order valence-electron chi connectivity index (χ0n) is 17.2. The van der Waals surface area contributed by atoms with Gasteiger partial charge in [-0.05, 0) is 30.7 Å². The highest BCUT2D eigenvalue weighted by molar-refractivity contribution is 7.99. The first-order chi connectivity index (χ1) is 14.4. The Balaban J connectivity index is 0.00000256. The van der Waals surface area contributed by atoms with Crippen LogP contribution in [-0.4, -0.2) is 53.3 Å². The van der Waals surface area contributed by atoms with Crippen molar-refractivity contribution in [1.82, 2.24) is 15.0 Å². The summed E-state index contributed by atoms with van der Waals surface area (Å²) in [6.45, 7) is 1.31. The fraction of sp³-hybridized carbons (Fsp3) is 0.400. The quantitative estimate of drug-likeness (QED) is 0.239. The van der Waals surface area contributed by atoms with Gasteiger partial charge < -0.3 is 14.5 Å². The second-order valence-corrected chi connectivity index (χ2v) is 8.46. The normalized spacial score (nSPS) is 11.2. The third-order valence-corrected chi connectivity index (χ3v) is 6.10. The van der Waals surface area contributed by atoms with Crippen molar-refractivity contribution in [2.24, 2.45) is 0 Å². The molecule has 0 aliphatic heterocycles. The zero-order valence-corrected chi connectivity index (χ0v) is 20.5. The highest BCUT2D eigenvalue weighted by Crippen LogP contribution is 2.28. The van der Waals surface area contributed by atoms with Gasteiger partial charge in [0.05, 0.1) is 36.5 Å². The molecule has 0 unspecified atom stereocenters. The summed E-state index contributed by atoms with van der Waals surface area (Å²) < 4.78 is 45.7. The Bertz CT molecular complexity index is 928. The molecule has 0 radical (unpaired) electrons. The molecule has 32 heavy (non-hydrogen) atoms. The summed E-state index contributed by atoms with van der Waals surface area (Å²) >= 11 is 3.24. The van der Waals surface area contributed by atoms with E-state index in [9.17, 15) is 13.2 Å². The lowest BCUT2D eigenvalue weighted by molar-refractivity contribution is -0.176. The van der Waals surface area contributed by atoms with Gasteiger partial charge in [-0.3, -0.25) is 4.98 Å². The molecule has 1 aromatic carbocycles. The minimum Gasteiger partial charge on any atom is -0.378 e. The van der Waals surface area contributed by atoms with E-state index < -0.39 is 12.8 Å². The van der Waals surface area contributed by atoms with Gasteiger partial charge in [0.2, 0.25) is 0 Å². The summed E-state index contributed by atoms with van der Waals surface area (Å²) in [5, 5.41) is 0.858. The van der Waals surface area contributed by atoms with Crippen LogP contribution in [0.2, 0.25) is 0 Å². The van der Waals surface area contributed by atoms with Crippen LogP contribution in [0.1, 0.15) is 11.3 Å². The monoisotopic (exact) mass is 529 g/mol. The van der Waals surface area contributed by atoms with E-state index in [0.29, 0.717) is 18.1 Å². The van der Waals surface area contributed by atoms with E-state index in [1.807, 2.05) is 37.3 Å². The number of ether oxygens (including phenoxy) is 2. The van der Waals surface area contributed by atoms with Crippen LogP contribution < -0.4 is 0 Å². The summed E-state index contributed by atoms with van der Waals surface area (Å²) in [5.74, 6) is 1.40. The van der Waals surface area contributed by atoms with Crippen LogP contribution in [0.5, 0.6) is 0 Å². The Labute approximate surface area is 205 Å². The molecule has 2 heterocycles. The number of imidazole rings is 1. The number of thioether (sulfide) groups is 2. The summed E-state index contributed by atoms with van der Waals surface area (Å²) in [6, 6.07) is 9.87. The summed E-state index contributed by atoms with van der Waals surface area (Å²) in [4.78, 5) is 13.5. The van der Waals surface area contributed by atoms with Gasteiger partial charge in [0.15, 0.2) is 5.16 Å². The predicted molar refractivity (Wildman–Crippen MR) is 128 cm³/mol. The first-order valence-corrected chi connectivity index (χ1v) is 11.3. The number of aromatic nitrogens is 3. The van der Waals surface area contributed by atoms with Gasteiger partial charge >= 0.3 is 6.18 Å². The molecule has 3 rings (SSSR count). The minimum absolute atomic E-state index is 0. The molecule has 0 atom stereocenters. The molecule has 0 saturated carbocycles. The molecular formula is C20H24Cl2F3N3O2S2. The Morgan fingerprint density at radius 2 is 1.75 bits per heavy atom. The highest BCUT2D eigenvalue weighted by Gasteiger charge is 2.27. The molecule has 12 heteroatoms. The lowest BCUT2D eigenvalue weighted by Gasteiger charge is -2.10. The van der Waals surface area contributed by atoms with Crippen LogP contribution >= 0.6 is 48.3 Å². The average Bonchev–Trinajstić information content (AvgIpc) is 3.12. The van der Waals surface area contributed by atoms with E-state index in [0.717, 1.165) is 32.3 Å². The molecule has 0 spiro atoms. The van der Waals surface area contributed by atoms with Crippen molar-refractivity contribution in [2.45, 2.75) is 28.9 Å². The van der Waals surface area contributed by atoms with Crippen LogP contribution in [0.3, 0.4) is 0 Å². The fourth-order valence-electron chi connectivity index (χ4n) is 2.61. The van der Waals surface area contributed by atoms with E-state index in [4.69, 9.17) is 4.74 Å². The number of benzene rings is 1. The minimum atomic E-state index is -4.30. The zero-order chi connectivity index (χ0) is 21.4. The lowest BCUT2D eigenvalue weighted by Crippen LogP contribution is -2.19. The van der Waals surface area contributed by atoms with Crippen LogP contribution in [0, 0.1) is 6.92 Å². The second kappa shape index (κ2) is 14.2. The van der Waals surface area contributed by atoms with Gasteiger partial charge in [0.25, 0.3) is 0 Å². The molecule has 1 N–H and O–H groups in total. The number of hydrogen-bond acceptors (Lipinski definition) is 6. The molecular weight excluding hydrogens is 506 g/mol. The van der Waals surface area contributed by atoms with Gasteiger partial charge in [0.1, 0.15) is 6.61 Å². The van der Waals surface area contributed by atoms with E-state index >= 15 is 0 Å². The maximum absolute atomic E-state index is 12.0. The number of pyridine rings is 1. The highest BCUT2D eigenvalue weighted by atomic mass is 35.5. The number of hydrogen-bond donors (Lipinski definition) is 1. The number of nitrogens with zero attached hydrogens (tertiary/aromatic N) is 2. The maximum Gasteiger partial charge on any atom is 0.411 e. The molecule has 3 aromatic rings. The van der Waals surface area contributed by atoms with Crippen molar-refractivity contribution in [2.75, 3.05) is 32.2 Å².